The Balaban J connectivity index is 2.23. The predicted molar refractivity (Wildman–Crippen MR) is 71.8 cm³/mol. The summed E-state index contributed by atoms with van der Waals surface area (Å²) in [5.41, 5.74) is 1.02. The molecule has 19 heavy (non-hydrogen) atoms. The smallest absolute Gasteiger partial charge is 0.358 e. The van der Waals surface area contributed by atoms with E-state index in [1.165, 1.54) is 7.11 Å². The molecule has 1 aliphatic rings. The number of rotatable bonds is 2. The lowest BCUT2D eigenvalue weighted by Crippen LogP contribution is -2.10. The summed E-state index contributed by atoms with van der Waals surface area (Å²) in [5, 5.41) is 3.85. The van der Waals surface area contributed by atoms with E-state index in [0.717, 1.165) is 25.3 Å². The topological polar surface area (TPSA) is 55.6 Å². The molecule has 0 amide bonds. The van der Waals surface area contributed by atoms with Crippen LogP contribution in [0.1, 0.15) is 28.7 Å². The number of nitrogens with one attached hydrogen (secondary N) is 1. The number of hydrogen-bond donors (Lipinski definition) is 1. The van der Waals surface area contributed by atoms with E-state index < -0.39 is 5.97 Å². The first-order valence-electron chi connectivity index (χ1n) is 6.18. The summed E-state index contributed by atoms with van der Waals surface area (Å²) in [6, 6.07) is 5.43. The number of halogens is 1. The van der Waals surface area contributed by atoms with Crippen LogP contribution >= 0.6 is 11.6 Å². The van der Waals surface area contributed by atoms with Gasteiger partial charge in [0, 0.05) is 12.5 Å². The van der Waals surface area contributed by atoms with Gasteiger partial charge in [0.1, 0.15) is 11.0 Å². The third-order valence-electron chi connectivity index (χ3n) is 3.44. The molecular formula is C13H14ClN3O2. The second-order valence-corrected chi connectivity index (χ2v) is 4.96. The number of pyridine rings is 1. The molecule has 2 aromatic rings. The Morgan fingerprint density at radius 3 is 3.11 bits per heavy atom. The summed E-state index contributed by atoms with van der Waals surface area (Å²) in [6.07, 6.45) is 0.991. The Bertz CT molecular complexity index is 632. The van der Waals surface area contributed by atoms with Crippen LogP contribution in [0.4, 0.5) is 0 Å². The van der Waals surface area contributed by atoms with E-state index in [1.807, 2.05) is 16.5 Å². The molecule has 0 spiro atoms. The molecule has 1 unspecified atom stereocenters. The number of aromatic nitrogens is 2. The number of ether oxygens (including phenoxy) is 1. The Morgan fingerprint density at radius 2 is 2.42 bits per heavy atom. The molecule has 1 aliphatic heterocycles. The number of fused-ring (bicyclic) bond motifs is 1. The molecule has 100 valence electrons. The lowest BCUT2D eigenvalue weighted by atomic mass is 10.1. The monoisotopic (exact) mass is 279 g/mol. The number of methoxy groups -OCH3 is 1. The van der Waals surface area contributed by atoms with E-state index in [0.29, 0.717) is 16.4 Å². The van der Waals surface area contributed by atoms with Crippen molar-refractivity contribution in [2.45, 2.75) is 12.3 Å². The minimum Gasteiger partial charge on any atom is -0.464 e. The zero-order chi connectivity index (χ0) is 13.4. The number of nitrogens with zero attached hydrogens (tertiary/aromatic N) is 2. The quantitative estimate of drug-likeness (QED) is 0.673. The van der Waals surface area contributed by atoms with Crippen LogP contribution in [0.3, 0.4) is 0 Å². The van der Waals surface area contributed by atoms with Gasteiger partial charge in [-0.1, -0.05) is 17.7 Å². The van der Waals surface area contributed by atoms with Crippen LogP contribution < -0.4 is 5.32 Å². The molecule has 6 heteroatoms. The van der Waals surface area contributed by atoms with Crippen LogP contribution in [0, 0.1) is 0 Å². The summed E-state index contributed by atoms with van der Waals surface area (Å²) in [6.45, 7) is 1.81. The van der Waals surface area contributed by atoms with Crippen molar-refractivity contribution < 1.29 is 9.53 Å². The summed E-state index contributed by atoms with van der Waals surface area (Å²) < 4.78 is 6.63. The first kappa shape index (κ1) is 12.4. The number of hydrogen-bond acceptors (Lipinski definition) is 4. The molecule has 0 radical (unpaired) electrons. The van der Waals surface area contributed by atoms with Crippen molar-refractivity contribution >= 4 is 23.1 Å². The van der Waals surface area contributed by atoms with Crippen LogP contribution in [0.25, 0.3) is 5.52 Å². The van der Waals surface area contributed by atoms with Gasteiger partial charge >= 0.3 is 5.97 Å². The highest BCUT2D eigenvalue weighted by molar-refractivity contribution is 6.30. The maximum atomic E-state index is 11.8. The van der Waals surface area contributed by atoms with Gasteiger partial charge in [-0.15, -0.1) is 0 Å². The van der Waals surface area contributed by atoms with Crippen molar-refractivity contribution in [3.05, 3.63) is 34.9 Å². The van der Waals surface area contributed by atoms with Gasteiger partial charge < -0.3 is 10.1 Å². The van der Waals surface area contributed by atoms with Gasteiger partial charge in [0.25, 0.3) is 0 Å². The minimum absolute atomic E-state index is 0.269. The van der Waals surface area contributed by atoms with Crippen molar-refractivity contribution in [1.29, 1.82) is 0 Å². The van der Waals surface area contributed by atoms with Crippen molar-refractivity contribution in [3.8, 4) is 0 Å². The highest BCUT2D eigenvalue weighted by atomic mass is 35.5. The van der Waals surface area contributed by atoms with Gasteiger partial charge in [-0.2, -0.15) is 0 Å². The maximum Gasteiger partial charge on any atom is 0.358 e. The highest BCUT2D eigenvalue weighted by Crippen LogP contribution is 2.27. The molecule has 0 aromatic carbocycles. The third-order valence-corrected chi connectivity index (χ3v) is 3.74. The predicted octanol–water partition coefficient (Wildman–Crippen LogP) is 1.85. The molecule has 5 nitrogen and oxygen atoms in total. The summed E-state index contributed by atoms with van der Waals surface area (Å²) in [7, 11) is 1.36. The zero-order valence-corrected chi connectivity index (χ0v) is 11.3. The van der Waals surface area contributed by atoms with E-state index in [9.17, 15) is 4.79 Å². The van der Waals surface area contributed by atoms with Crippen molar-refractivity contribution in [2.75, 3.05) is 20.2 Å². The molecule has 2 aromatic heterocycles. The van der Waals surface area contributed by atoms with Gasteiger partial charge in [0.15, 0.2) is 5.69 Å². The van der Waals surface area contributed by atoms with Gasteiger partial charge in [-0.25, -0.2) is 9.78 Å². The summed E-state index contributed by atoms with van der Waals surface area (Å²) >= 11 is 6.25. The largest absolute Gasteiger partial charge is 0.464 e. The zero-order valence-electron chi connectivity index (χ0n) is 10.5. The molecule has 1 fully saturated rings. The molecule has 0 bridgehead atoms. The minimum atomic E-state index is -0.433. The Kier molecular flexibility index (Phi) is 3.16. The fourth-order valence-corrected chi connectivity index (χ4v) is 2.77. The number of carbonyl (C=O) groups excluding carboxylic acids is 1. The van der Waals surface area contributed by atoms with Gasteiger partial charge in [-0.05, 0) is 25.1 Å². The van der Waals surface area contributed by atoms with Crippen molar-refractivity contribution in [3.63, 3.8) is 0 Å². The maximum absolute atomic E-state index is 11.8. The average molecular weight is 280 g/mol. The molecule has 3 rings (SSSR count). The lowest BCUT2D eigenvalue weighted by molar-refractivity contribution is 0.0597. The highest BCUT2D eigenvalue weighted by Gasteiger charge is 2.26. The van der Waals surface area contributed by atoms with E-state index in [4.69, 9.17) is 16.3 Å². The van der Waals surface area contributed by atoms with E-state index in [1.54, 1.807) is 6.07 Å². The second-order valence-electron chi connectivity index (χ2n) is 4.57. The van der Waals surface area contributed by atoms with E-state index in [-0.39, 0.29) is 5.92 Å². The average Bonchev–Trinajstić information content (AvgIpc) is 3.05. The Hall–Kier alpha value is -1.59. The Labute approximate surface area is 115 Å². The number of carbonyl (C=O) groups is 1. The van der Waals surface area contributed by atoms with E-state index >= 15 is 0 Å². The molecule has 0 aliphatic carbocycles. The molecular weight excluding hydrogens is 266 g/mol. The standard InChI is InChI=1S/C13H14ClN3O2/c1-19-13(18)11-9-3-2-4-10(14)17(9)12(16-11)8-5-6-15-7-8/h2-4,8,15H,5-7H2,1H3. The lowest BCUT2D eigenvalue weighted by Gasteiger charge is -2.08. The molecule has 1 atom stereocenters. The first-order chi connectivity index (χ1) is 9.22. The number of esters is 1. The first-order valence-corrected chi connectivity index (χ1v) is 6.56. The second kappa shape index (κ2) is 4.83. The van der Waals surface area contributed by atoms with Crippen LogP contribution in [0.2, 0.25) is 5.15 Å². The van der Waals surface area contributed by atoms with Gasteiger partial charge in [0.05, 0.1) is 12.6 Å². The van der Waals surface area contributed by atoms with Crippen molar-refractivity contribution in [1.82, 2.24) is 14.7 Å². The summed E-state index contributed by atoms with van der Waals surface area (Å²) in [5.74, 6) is 0.661. The molecule has 1 N–H and O–H groups in total. The number of imidazole rings is 1. The Morgan fingerprint density at radius 1 is 1.58 bits per heavy atom. The molecule has 1 saturated heterocycles. The van der Waals surface area contributed by atoms with Crippen LogP contribution in [-0.4, -0.2) is 35.6 Å². The SMILES string of the molecule is COC(=O)c1nc(C2CCNC2)n2c(Cl)cccc12. The normalized spacial score (nSPS) is 18.9. The molecule has 3 heterocycles. The summed E-state index contributed by atoms with van der Waals surface area (Å²) in [4.78, 5) is 16.3. The van der Waals surface area contributed by atoms with Crippen LogP contribution in [0.15, 0.2) is 18.2 Å². The van der Waals surface area contributed by atoms with Crippen molar-refractivity contribution in [2.24, 2.45) is 0 Å². The van der Waals surface area contributed by atoms with Gasteiger partial charge in [-0.3, -0.25) is 4.40 Å². The third kappa shape index (κ3) is 1.99. The van der Waals surface area contributed by atoms with Crippen LogP contribution in [-0.2, 0) is 4.74 Å². The van der Waals surface area contributed by atoms with E-state index in [2.05, 4.69) is 10.3 Å². The molecule has 0 saturated carbocycles. The fourth-order valence-electron chi connectivity index (χ4n) is 2.52. The van der Waals surface area contributed by atoms with Gasteiger partial charge in [0.2, 0.25) is 0 Å². The van der Waals surface area contributed by atoms with Crippen LogP contribution in [0.5, 0.6) is 0 Å². The fraction of sp³-hybridized carbons (Fsp3) is 0.385.